The maximum Gasteiger partial charge on any atom is 0.246 e. The quantitative estimate of drug-likeness (QED) is 0.749. The molecule has 134 valence electrons. The normalized spacial score (nSPS) is 22.2. The number of benzene rings is 1. The highest BCUT2D eigenvalue weighted by molar-refractivity contribution is 9.10. The first-order chi connectivity index (χ1) is 12.0. The largest absolute Gasteiger partial charge is 0.314 e. The first kappa shape index (κ1) is 17.1. The van der Waals surface area contributed by atoms with Gasteiger partial charge in [0.05, 0.1) is 0 Å². The van der Waals surface area contributed by atoms with E-state index in [4.69, 9.17) is 0 Å². The summed E-state index contributed by atoms with van der Waals surface area (Å²) in [5.41, 5.74) is 0. The van der Waals surface area contributed by atoms with Crippen LogP contribution in [-0.2, 0) is 10.0 Å². The lowest BCUT2D eigenvalue weighted by molar-refractivity contribution is 0.303. The van der Waals surface area contributed by atoms with Crippen LogP contribution >= 0.6 is 15.9 Å². The number of piperidine rings is 1. The van der Waals surface area contributed by atoms with Crippen LogP contribution in [0.15, 0.2) is 33.9 Å². The van der Waals surface area contributed by atoms with Gasteiger partial charge in [-0.2, -0.15) is 4.31 Å². The number of nitrogens with zero attached hydrogens (tertiary/aromatic N) is 4. The standard InChI is InChI=1S/C16H18BrFN4O2S/c17-12-3-6-14(18)15(8-12)25(23,24)21-7-1-2-11(9-21)16-20-19-10-22(16)13-4-5-13/h3,6,8,10-11,13H,1-2,4-5,7,9H2/t11-/m0/s1. The van der Waals surface area contributed by atoms with Gasteiger partial charge in [0.25, 0.3) is 0 Å². The fraction of sp³-hybridized carbons (Fsp3) is 0.500. The molecule has 1 aromatic carbocycles. The van der Waals surface area contributed by atoms with Crippen LogP contribution in [0, 0.1) is 5.82 Å². The molecule has 6 nitrogen and oxygen atoms in total. The Kier molecular flexibility index (Phi) is 4.41. The lowest BCUT2D eigenvalue weighted by Crippen LogP contribution is -2.40. The van der Waals surface area contributed by atoms with Crippen molar-refractivity contribution in [1.29, 1.82) is 0 Å². The van der Waals surface area contributed by atoms with E-state index in [1.165, 1.54) is 22.5 Å². The minimum Gasteiger partial charge on any atom is -0.314 e. The number of hydrogen-bond donors (Lipinski definition) is 0. The highest BCUT2D eigenvalue weighted by Crippen LogP contribution is 2.38. The second-order valence-electron chi connectivity index (χ2n) is 6.60. The zero-order chi connectivity index (χ0) is 17.6. The first-order valence-electron chi connectivity index (χ1n) is 8.31. The number of sulfonamides is 1. The van der Waals surface area contributed by atoms with Gasteiger partial charge in [0, 0.05) is 29.5 Å². The van der Waals surface area contributed by atoms with Crippen LogP contribution in [0.5, 0.6) is 0 Å². The molecule has 1 aliphatic carbocycles. The molecule has 2 heterocycles. The van der Waals surface area contributed by atoms with Crippen molar-refractivity contribution in [1.82, 2.24) is 19.1 Å². The number of aromatic nitrogens is 3. The Labute approximate surface area is 154 Å². The molecule has 0 spiro atoms. The SMILES string of the molecule is O=S(=O)(c1cc(Br)ccc1F)N1CCC[C@H](c2nncn2C2CC2)C1. The summed E-state index contributed by atoms with van der Waals surface area (Å²) < 4.78 is 44.0. The average Bonchev–Trinajstić information content (AvgIpc) is 3.33. The Morgan fingerprint density at radius 3 is 2.80 bits per heavy atom. The van der Waals surface area contributed by atoms with Crippen molar-refractivity contribution in [2.24, 2.45) is 0 Å². The summed E-state index contributed by atoms with van der Waals surface area (Å²) in [7, 11) is -3.89. The summed E-state index contributed by atoms with van der Waals surface area (Å²) in [6.45, 7) is 0.696. The van der Waals surface area contributed by atoms with Crippen molar-refractivity contribution in [3.05, 3.63) is 40.6 Å². The topological polar surface area (TPSA) is 68.1 Å². The van der Waals surface area contributed by atoms with Crippen molar-refractivity contribution in [2.75, 3.05) is 13.1 Å². The maximum atomic E-state index is 14.1. The van der Waals surface area contributed by atoms with Gasteiger partial charge in [-0.1, -0.05) is 15.9 Å². The van der Waals surface area contributed by atoms with Gasteiger partial charge in [0.2, 0.25) is 10.0 Å². The number of rotatable bonds is 4. The van der Waals surface area contributed by atoms with Crippen molar-refractivity contribution < 1.29 is 12.8 Å². The second-order valence-corrected chi connectivity index (χ2v) is 9.43. The summed E-state index contributed by atoms with van der Waals surface area (Å²) >= 11 is 3.22. The Balaban J connectivity index is 1.62. The van der Waals surface area contributed by atoms with Crippen LogP contribution in [-0.4, -0.2) is 40.6 Å². The van der Waals surface area contributed by atoms with Gasteiger partial charge in [-0.05, 0) is 43.9 Å². The van der Waals surface area contributed by atoms with E-state index in [0.29, 0.717) is 23.6 Å². The van der Waals surface area contributed by atoms with Crippen molar-refractivity contribution in [3.8, 4) is 0 Å². The van der Waals surface area contributed by atoms with Crippen LogP contribution < -0.4 is 0 Å². The maximum absolute atomic E-state index is 14.1. The Hall–Kier alpha value is -1.32. The zero-order valence-corrected chi connectivity index (χ0v) is 15.9. The summed E-state index contributed by atoms with van der Waals surface area (Å²) in [6.07, 6.45) is 5.54. The third kappa shape index (κ3) is 3.24. The number of hydrogen-bond acceptors (Lipinski definition) is 4. The molecule has 2 aromatic rings. The lowest BCUT2D eigenvalue weighted by Gasteiger charge is -2.31. The second kappa shape index (κ2) is 6.44. The van der Waals surface area contributed by atoms with E-state index in [9.17, 15) is 12.8 Å². The van der Waals surface area contributed by atoms with Crippen LogP contribution in [0.4, 0.5) is 4.39 Å². The Morgan fingerprint density at radius 2 is 2.04 bits per heavy atom. The van der Waals surface area contributed by atoms with E-state index < -0.39 is 15.8 Å². The van der Waals surface area contributed by atoms with Crippen LogP contribution in [0.1, 0.15) is 43.5 Å². The molecule has 0 radical (unpaired) electrons. The van der Waals surface area contributed by atoms with Gasteiger partial charge in [0.15, 0.2) is 0 Å². The predicted molar refractivity (Wildman–Crippen MR) is 93.1 cm³/mol. The smallest absolute Gasteiger partial charge is 0.246 e. The Bertz CT molecular complexity index is 897. The first-order valence-corrected chi connectivity index (χ1v) is 10.5. The van der Waals surface area contributed by atoms with Crippen LogP contribution in [0.3, 0.4) is 0 Å². The Morgan fingerprint density at radius 1 is 1.24 bits per heavy atom. The fourth-order valence-electron chi connectivity index (χ4n) is 3.36. The minimum atomic E-state index is -3.89. The third-order valence-corrected chi connectivity index (χ3v) is 7.17. The zero-order valence-electron chi connectivity index (χ0n) is 13.5. The molecule has 0 bridgehead atoms. The van der Waals surface area contributed by atoms with Crippen molar-refractivity contribution >= 4 is 26.0 Å². The summed E-state index contributed by atoms with van der Waals surface area (Å²) in [5, 5.41) is 8.24. The molecule has 25 heavy (non-hydrogen) atoms. The molecule has 2 aliphatic rings. The fourth-order valence-corrected chi connectivity index (χ4v) is 5.49. The highest BCUT2D eigenvalue weighted by Gasteiger charge is 2.36. The van der Waals surface area contributed by atoms with Gasteiger partial charge in [0.1, 0.15) is 22.9 Å². The lowest BCUT2D eigenvalue weighted by atomic mass is 9.99. The van der Waals surface area contributed by atoms with E-state index in [2.05, 4.69) is 30.7 Å². The van der Waals surface area contributed by atoms with Crippen molar-refractivity contribution in [2.45, 2.75) is 42.5 Å². The molecule has 0 unspecified atom stereocenters. The van der Waals surface area contributed by atoms with E-state index in [0.717, 1.165) is 31.5 Å². The summed E-state index contributed by atoms with van der Waals surface area (Å²) in [4.78, 5) is -0.286. The van der Waals surface area contributed by atoms with Gasteiger partial charge < -0.3 is 4.57 Å². The molecule has 1 atom stereocenters. The van der Waals surface area contributed by atoms with Crippen molar-refractivity contribution in [3.63, 3.8) is 0 Å². The molecular formula is C16H18BrFN4O2S. The molecule has 1 saturated carbocycles. The molecule has 1 saturated heterocycles. The van der Waals surface area contributed by atoms with E-state index >= 15 is 0 Å². The molecule has 9 heteroatoms. The van der Waals surface area contributed by atoms with E-state index in [1.807, 2.05) is 0 Å². The minimum absolute atomic E-state index is 0.0122. The molecule has 1 aromatic heterocycles. The van der Waals surface area contributed by atoms with E-state index in [1.54, 1.807) is 6.33 Å². The van der Waals surface area contributed by atoms with Gasteiger partial charge >= 0.3 is 0 Å². The molecule has 2 fully saturated rings. The molecular weight excluding hydrogens is 411 g/mol. The predicted octanol–water partition coefficient (Wildman–Crippen LogP) is 3.08. The van der Waals surface area contributed by atoms with E-state index in [-0.39, 0.29) is 10.8 Å². The van der Waals surface area contributed by atoms with Crippen LogP contribution in [0.25, 0.3) is 0 Å². The van der Waals surface area contributed by atoms with Gasteiger partial charge in [-0.25, -0.2) is 12.8 Å². The molecule has 0 N–H and O–H groups in total. The van der Waals surface area contributed by atoms with Gasteiger partial charge in [-0.3, -0.25) is 0 Å². The van der Waals surface area contributed by atoms with Gasteiger partial charge in [-0.15, -0.1) is 10.2 Å². The number of halogens is 2. The third-order valence-electron chi connectivity index (χ3n) is 4.80. The highest BCUT2D eigenvalue weighted by atomic mass is 79.9. The average molecular weight is 429 g/mol. The molecule has 1 aliphatic heterocycles. The monoisotopic (exact) mass is 428 g/mol. The summed E-state index contributed by atoms with van der Waals surface area (Å²) in [5.74, 6) is 0.102. The molecule has 4 rings (SSSR count). The summed E-state index contributed by atoms with van der Waals surface area (Å²) in [6, 6.07) is 4.42. The molecule has 0 amide bonds. The van der Waals surface area contributed by atoms with Crippen LogP contribution in [0.2, 0.25) is 0 Å².